The van der Waals surface area contributed by atoms with Crippen LogP contribution in [0.5, 0.6) is 0 Å². The van der Waals surface area contributed by atoms with Gasteiger partial charge in [0.05, 0.1) is 29.6 Å². The fraction of sp³-hybridized carbons (Fsp3) is 0.314. The van der Waals surface area contributed by atoms with Gasteiger partial charge in [-0.2, -0.15) is 0 Å². The van der Waals surface area contributed by atoms with Crippen molar-refractivity contribution in [3.8, 4) is 21.7 Å². The molecule has 0 radical (unpaired) electrons. The number of ether oxygens (including phenoxy) is 1. The third kappa shape index (κ3) is 6.85. The number of nitrogens with zero attached hydrogens (tertiary/aromatic N) is 4. The summed E-state index contributed by atoms with van der Waals surface area (Å²) in [5, 5.41) is 18.1. The molecule has 2 aromatic carbocycles. The number of hydrogen-bond acceptors (Lipinski definition) is 9. The summed E-state index contributed by atoms with van der Waals surface area (Å²) in [4.78, 5) is 29.8. The average molecular weight is 657 g/mol. The van der Waals surface area contributed by atoms with E-state index in [9.17, 15) is 4.79 Å². The van der Waals surface area contributed by atoms with Crippen LogP contribution in [0.1, 0.15) is 42.5 Å². The SMILES string of the molecule is Cc1c(-c2nc3c(s2)CN(C(=O)OC(C)(C)C)CC3)cccc1-c1cccc(Nc2nccc3cc(CNCCO)cnc23)c1Cl. The first kappa shape index (κ1) is 31.9. The van der Waals surface area contributed by atoms with E-state index in [1.54, 1.807) is 22.4 Å². The van der Waals surface area contributed by atoms with Crippen LogP contribution in [0.25, 0.3) is 32.6 Å². The topological polar surface area (TPSA) is 113 Å². The predicted octanol–water partition coefficient (Wildman–Crippen LogP) is 7.50. The zero-order chi connectivity index (χ0) is 32.4. The number of amides is 1. The van der Waals surface area contributed by atoms with Crippen molar-refractivity contribution in [3.63, 3.8) is 0 Å². The molecule has 3 N–H and O–H groups in total. The summed E-state index contributed by atoms with van der Waals surface area (Å²) in [6.07, 6.45) is 3.98. The Hall–Kier alpha value is -4.09. The molecule has 0 fully saturated rings. The number of pyridine rings is 2. The molecule has 11 heteroatoms. The number of anilines is 2. The first-order chi connectivity index (χ1) is 22.1. The highest BCUT2D eigenvalue weighted by Gasteiger charge is 2.28. The Morgan fingerprint density at radius 2 is 1.89 bits per heavy atom. The number of carbonyl (C=O) groups excluding carboxylic acids is 1. The van der Waals surface area contributed by atoms with E-state index in [1.165, 1.54) is 0 Å². The van der Waals surface area contributed by atoms with Gasteiger partial charge in [0.15, 0.2) is 5.82 Å². The quantitative estimate of drug-likeness (QED) is 0.147. The second kappa shape index (κ2) is 13.3. The van der Waals surface area contributed by atoms with Crippen LogP contribution in [-0.2, 0) is 24.2 Å². The molecule has 6 rings (SSSR count). The maximum absolute atomic E-state index is 12.7. The second-order valence-corrected chi connectivity index (χ2v) is 13.7. The Balaban J connectivity index is 1.26. The van der Waals surface area contributed by atoms with E-state index in [2.05, 4.69) is 45.7 Å². The molecule has 1 amide bonds. The number of aliphatic hydroxyl groups is 1. The van der Waals surface area contributed by atoms with Crippen LogP contribution in [0.4, 0.5) is 16.3 Å². The maximum Gasteiger partial charge on any atom is 0.410 e. The Bertz CT molecular complexity index is 1900. The van der Waals surface area contributed by atoms with Gasteiger partial charge in [-0.1, -0.05) is 41.9 Å². The number of benzene rings is 2. The van der Waals surface area contributed by atoms with Crippen molar-refractivity contribution >= 4 is 51.4 Å². The van der Waals surface area contributed by atoms with Gasteiger partial charge in [-0.15, -0.1) is 11.3 Å². The molecule has 1 aliphatic heterocycles. The first-order valence-corrected chi connectivity index (χ1v) is 16.5. The molecule has 0 unspecified atom stereocenters. The van der Waals surface area contributed by atoms with E-state index < -0.39 is 5.60 Å². The standard InChI is InChI=1S/C35H37ClN6O3S/c1-21-24(7-5-8-25(21)33-41-27-12-15-42(20-29(27)46-33)34(44)45-35(2,3)4)26-9-6-10-28(30(26)36)40-32-31-23(11-13-38-32)17-22(19-39-31)18-37-14-16-43/h5-11,13,17,19,37,43H,12,14-16,18,20H2,1-4H3,(H,38,40). The zero-order valence-electron chi connectivity index (χ0n) is 26.4. The van der Waals surface area contributed by atoms with E-state index in [-0.39, 0.29) is 12.7 Å². The third-order valence-electron chi connectivity index (χ3n) is 7.76. The van der Waals surface area contributed by atoms with Crippen molar-refractivity contribution in [1.29, 1.82) is 0 Å². The summed E-state index contributed by atoms with van der Waals surface area (Å²) in [6.45, 7) is 10.1. The highest BCUT2D eigenvalue weighted by atomic mass is 35.5. The number of aliphatic hydroxyl groups excluding tert-OH is 1. The molecule has 5 aromatic rings. The second-order valence-electron chi connectivity index (χ2n) is 12.3. The van der Waals surface area contributed by atoms with E-state index in [4.69, 9.17) is 26.4 Å². The highest BCUT2D eigenvalue weighted by molar-refractivity contribution is 7.15. The number of hydrogen-bond donors (Lipinski definition) is 3. The van der Waals surface area contributed by atoms with Crippen LogP contribution in [0.15, 0.2) is 60.9 Å². The molecule has 9 nitrogen and oxygen atoms in total. The molecule has 0 saturated heterocycles. The number of carbonyl (C=O) groups is 1. The van der Waals surface area contributed by atoms with Gasteiger partial charge >= 0.3 is 6.09 Å². The van der Waals surface area contributed by atoms with Crippen molar-refractivity contribution in [3.05, 3.63) is 87.6 Å². The molecular formula is C35H37ClN6O3S. The van der Waals surface area contributed by atoms with Crippen molar-refractivity contribution in [2.24, 2.45) is 0 Å². The van der Waals surface area contributed by atoms with Crippen molar-refractivity contribution in [2.45, 2.75) is 52.8 Å². The van der Waals surface area contributed by atoms with E-state index >= 15 is 0 Å². The lowest BCUT2D eigenvalue weighted by atomic mass is 9.96. The monoisotopic (exact) mass is 656 g/mol. The number of rotatable bonds is 8. The van der Waals surface area contributed by atoms with Crippen LogP contribution in [-0.4, -0.2) is 56.3 Å². The highest BCUT2D eigenvalue weighted by Crippen LogP contribution is 2.41. The Labute approximate surface area is 277 Å². The summed E-state index contributed by atoms with van der Waals surface area (Å²) in [7, 11) is 0. The van der Waals surface area contributed by atoms with Crippen LogP contribution in [0.3, 0.4) is 0 Å². The minimum atomic E-state index is -0.534. The lowest BCUT2D eigenvalue weighted by Gasteiger charge is -2.29. The molecule has 0 bridgehead atoms. The minimum Gasteiger partial charge on any atom is -0.444 e. The van der Waals surface area contributed by atoms with Crippen LogP contribution in [0.2, 0.25) is 5.02 Å². The lowest BCUT2D eigenvalue weighted by Crippen LogP contribution is -2.39. The van der Waals surface area contributed by atoms with Crippen LogP contribution < -0.4 is 10.6 Å². The summed E-state index contributed by atoms with van der Waals surface area (Å²) < 4.78 is 5.60. The summed E-state index contributed by atoms with van der Waals surface area (Å²) in [5.74, 6) is 0.616. The van der Waals surface area contributed by atoms with Crippen molar-refractivity contribution < 1.29 is 14.6 Å². The molecule has 0 aliphatic carbocycles. The smallest absolute Gasteiger partial charge is 0.410 e. The van der Waals surface area contributed by atoms with Gasteiger partial charge in [0.1, 0.15) is 16.1 Å². The maximum atomic E-state index is 12.7. The van der Waals surface area contributed by atoms with Gasteiger partial charge in [-0.05, 0) is 62.6 Å². The number of thiazole rings is 1. The summed E-state index contributed by atoms with van der Waals surface area (Å²) >= 11 is 8.71. The number of nitrogens with one attached hydrogen (secondary N) is 2. The largest absolute Gasteiger partial charge is 0.444 e. The van der Waals surface area contributed by atoms with Gasteiger partial charge < -0.3 is 25.4 Å². The predicted molar refractivity (Wildman–Crippen MR) is 185 cm³/mol. The number of halogens is 1. The molecule has 46 heavy (non-hydrogen) atoms. The summed E-state index contributed by atoms with van der Waals surface area (Å²) in [6, 6.07) is 16.1. The molecular weight excluding hydrogens is 620 g/mol. The van der Waals surface area contributed by atoms with Gasteiger partial charge in [-0.25, -0.2) is 14.8 Å². The van der Waals surface area contributed by atoms with E-state index in [0.29, 0.717) is 43.4 Å². The van der Waals surface area contributed by atoms with Gasteiger partial charge in [0.25, 0.3) is 0 Å². The molecule has 0 atom stereocenters. The fourth-order valence-electron chi connectivity index (χ4n) is 5.52. The molecule has 0 saturated carbocycles. The molecule has 3 aromatic heterocycles. The lowest BCUT2D eigenvalue weighted by molar-refractivity contribution is 0.0225. The third-order valence-corrected chi connectivity index (χ3v) is 9.29. The molecule has 1 aliphatic rings. The fourth-order valence-corrected chi connectivity index (χ4v) is 7.00. The van der Waals surface area contributed by atoms with Crippen LogP contribution in [0, 0.1) is 6.92 Å². The molecule has 238 valence electrons. The summed E-state index contributed by atoms with van der Waals surface area (Å²) in [5.41, 5.74) is 7.02. The number of aromatic nitrogens is 3. The van der Waals surface area contributed by atoms with Crippen molar-refractivity contribution in [2.75, 3.05) is 25.0 Å². The first-order valence-electron chi connectivity index (χ1n) is 15.3. The van der Waals surface area contributed by atoms with Crippen molar-refractivity contribution in [1.82, 2.24) is 25.2 Å². The average Bonchev–Trinajstić information content (AvgIpc) is 3.45. The van der Waals surface area contributed by atoms with Gasteiger partial charge in [0, 0.05) is 59.8 Å². The Morgan fingerprint density at radius 3 is 2.70 bits per heavy atom. The molecule has 0 spiro atoms. The van der Waals surface area contributed by atoms with Gasteiger partial charge in [-0.3, -0.25) is 4.98 Å². The normalized spacial score (nSPS) is 13.1. The van der Waals surface area contributed by atoms with Crippen LogP contribution >= 0.6 is 22.9 Å². The van der Waals surface area contributed by atoms with E-state index in [0.717, 1.165) is 60.0 Å². The Morgan fingerprint density at radius 1 is 1.11 bits per heavy atom. The van der Waals surface area contributed by atoms with Gasteiger partial charge in [0.2, 0.25) is 0 Å². The van der Waals surface area contributed by atoms with E-state index in [1.807, 2.05) is 57.3 Å². The molecule has 4 heterocycles. The number of fused-ring (bicyclic) bond motifs is 2. The zero-order valence-corrected chi connectivity index (χ0v) is 27.9. The minimum absolute atomic E-state index is 0.0889. The Kier molecular flexibility index (Phi) is 9.24.